The molecule has 1 heterocycles. The van der Waals surface area contributed by atoms with Gasteiger partial charge in [-0.15, -0.1) is 0 Å². The predicted octanol–water partition coefficient (Wildman–Crippen LogP) is 3.69. The van der Waals surface area contributed by atoms with Crippen LogP contribution in [0.5, 0.6) is 0 Å². The number of rotatable bonds is 5. The molecule has 0 radical (unpaired) electrons. The van der Waals surface area contributed by atoms with Crippen molar-refractivity contribution in [2.45, 2.75) is 47.7 Å². The van der Waals surface area contributed by atoms with Crippen molar-refractivity contribution in [1.82, 2.24) is 8.69 Å². The molecule has 1 fully saturated rings. The molecule has 0 unspecified atom stereocenters. The fourth-order valence-electron chi connectivity index (χ4n) is 3.91. The summed E-state index contributed by atoms with van der Waals surface area (Å²) in [4.78, 5) is 10.5. The minimum absolute atomic E-state index is 0.0182. The van der Waals surface area contributed by atoms with Gasteiger partial charge in [0, 0.05) is 30.5 Å². The number of carbonyl (C=O) groups is 1. The molecular weight excluding hydrogens is 481 g/mol. The molecule has 12 heteroatoms. The first kappa shape index (κ1) is 23.5. The summed E-state index contributed by atoms with van der Waals surface area (Å²) in [5.41, 5.74) is -1.67. The van der Waals surface area contributed by atoms with E-state index in [-0.39, 0.29) is 36.4 Å². The Balaban J connectivity index is 1.94. The number of nitrogens with one attached hydrogen (secondary N) is 1. The summed E-state index contributed by atoms with van der Waals surface area (Å²) in [5, 5.41) is -0.733. The van der Waals surface area contributed by atoms with Crippen molar-refractivity contribution in [3.8, 4) is 0 Å². The Morgan fingerprint density at radius 3 is 2.15 bits per heavy atom. The first-order valence-electron chi connectivity index (χ1n) is 9.97. The van der Waals surface area contributed by atoms with Crippen LogP contribution >= 0.6 is 0 Å². The molecular formula is C21H19F3N2O5S2. The van der Waals surface area contributed by atoms with Gasteiger partial charge in [-0.1, -0.05) is 24.3 Å². The van der Waals surface area contributed by atoms with Crippen LogP contribution in [0.3, 0.4) is 0 Å². The number of fused-ring (bicyclic) bond motifs is 1. The Kier molecular flexibility index (Phi) is 5.87. The molecule has 0 amide bonds. The van der Waals surface area contributed by atoms with Crippen LogP contribution in [-0.2, 0) is 31.0 Å². The van der Waals surface area contributed by atoms with Crippen molar-refractivity contribution >= 4 is 36.7 Å². The van der Waals surface area contributed by atoms with Crippen LogP contribution in [0.2, 0.25) is 0 Å². The van der Waals surface area contributed by atoms with E-state index in [1.807, 2.05) is 0 Å². The van der Waals surface area contributed by atoms with Crippen molar-refractivity contribution in [1.29, 1.82) is 0 Å². The number of Topliss-reactive ketones (excluding diaryl/α,β-unsaturated/α-hetero) is 1. The highest BCUT2D eigenvalue weighted by atomic mass is 32.2. The van der Waals surface area contributed by atoms with Crippen LogP contribution in [0.25, 0.3) is 10.9 Å². The van der Waals surface area contributed by atoms with Crippen LogP contribution in [0.4, 0.5) is 13.2 Å². The Bertz CT molecular complexity index is 1420. The first-order chi connectivity index (χ1) is 15.4. The molecule has 0 spiro atoms. The summed E-state index contributed by atoms with van der Waals surface area (Å²) in [7, 11) is -8.95. The van der Waals surface area contributed by atoms with Gasteiger partial charge in [-0.25, -0.2) is 25.5 Å². The van der Waals surface area contributed by atoms with Gasteiger partial charge in [-0.05, 0) is 37.1 Å². The van der Waals surface area contributed by atoms with Gasteiger partial charge in [0.25, 0.3) is 10.0 Å². The maximum atomic E-state index is 13.8. The van der Waals surface area contributed by atoms with E-state index in [4.69, 9.17) is 0 Å². The van der Waals surface area contributed by atoms with Crippen molar-refractivity contribution < 1.29 is 34.8 Å². The van der Waals surface area contributed by atoms with Crippen LogP contribution in [-0.4, -0.2) is 32.6 Å². The number of sulfonamides is 1. The van der Waals surface area contributed by atoms with Gasteiger partial charge in [0.1, 0.15) is 10.7 Å². The molecule has 4 rings (SSSR count). The fraction of sp³-hybridized carbons (Fsp3) is 0.286. The van der Waals surface area contributed by atoms with E-state index in [9.17, 15) is 34.8 Å². The maximum Gasteiger partial charge on any atom is 0.417 e. The molecule has 7 nitrogen and oxygen atoms in total. The molecule has 1 aliphatic rings. The number of aromatic nitrogens is 1. The van der Waals surface area contributed by atoms with Gasteiger partial charge >= 0.3 is 6.18 Å². The molecule has 3 aromatic rings. The number of alkyl halides is 3. The molecule has 1 aromatic heterocycles. The van der Waals surface area contributed by atoms with E-state index >= 15 is 0 Å². The number of carbonyl (C=O) groups excluding carboxylic acids is 1. The Hall–Kier alpha value is -2.70. The monoisotopic (exact) mass is 500 g/mol. The number of hydrogen-bond donors (Lipinski definition) is 1. The van der Waals surface area contributed by atoms with Gasteiger partial charge in [-0.2, -0.15) is 13.2 Å². The lowest BCUT2D eigenvalue weighted by Crippen LogP contribution is -2.37. The summed E-state index contributed by atoms with van der Waals surface area (Å²) in [5.74, 6) is -0.0182. The minimum atomic E-state index is -4.93. The number of halogens is 3. The second-order valence-corrected chi connectivity index (χ2v) is 11.2. The highest BCUT2D eigenvalue weighted by molar-refractivity contribution is 7.91. The minimum Gasteiger partial charge on any atom is -0.300 e. The molecule has 0 aliphatic heterocycles. The topological polar surface area (TPSA) is 102 Å². The highest BCUT2D eigenvalue weighted by Crippen LogP contribution is 2.40. The predicted molar refractivity (Wildman–Crippen MR) is 114 cm³/mol. The van der Waals surface area contributed by atoms with Crippen molar-refractivity contribution in [2.75, 3.05) is 0 Å². The third-order valence-electron chi connectivity index (χ3n) is 5.52. The summed E-state index contributed by atoms with van der Waals surface area (Å²) in [6, 6.07) is 9.22. The molecule has 33 heavy (non-hydrogen) atoms. The smallest absolute Gasteiger partial charge is 0.300 e. The molecule has 0 bridgehead atoms. The normalized spacial score (nSPS) is 16.4. The first-order valence-corrected chi connectivity index (χ1v) is 12.9. The highest BCUT2D eigenvalue weighted by Gasteiger charge is 2.38. The van der Waals surface area contributed by atoms with E-state index in [0.717, 1.165) is 12.1 Å². The summed E-state index contributed by atoms with van der Waals surface area (Å²) in [6.07, 6.45) is -3.48. The molecule has 1 N–H and O–H groups in total. The lowest BCUT2D eigenvalue weighted by molar-refractivity contribution is -0.136. The quantitative estimate of drug-likeness (QED) is 0.576. The number of nitrogens with zero attached hydrogens (tertiary/aromatic N) is 1. The van der Waals surface area contributed by atoms with Crippen molar-refractivity contribution in [3.63, 3.8) is 0 Å². The van der Waals surface area contributed by atoms with E-state index in [1.54, 1.807) is 6.07 Å². The van der Waals surface area contributed by atoms with Crippen LogP contribution in [0.15, 0.2) is 64.5 Å². The third kappa shape index (κ3) is 4.42. The molecule has 2 aromatic carbocycles. The third-order valence-corrected chi connectivity index (χ3v) is 8.74. The van der Waals surface area contributed by atoms with E-state index in [2.05, 4.69) is 4.72 Å². The van der Waals surface area contributed by atoms with Gasteiger partial charge < -0.3 is 0 Å². The molecule has 0 atom stereocenters. The summed E-state index contributed by atoms with van der Waals surface area (Å²) >= 11 is 0. The zero-order valence-corrected chi connectivity index (χ0v) is 18.7. The number of benzene rings is 2. The van der Waals surface area contributed by atoms with Crippen molar-refractivity contribution in [2.24, 2.45) is 0 Å². The average Bonchev–Trinajstić information content (AvgIpc) is 3.17. The van der Waals surface area contributed by atoms with Crippen LogP contribution in [0, 0.1) is 0 Å². The van der Waals surface area contributed by atoms with Crippen molar-refractivity contribution in [3.05, 3.63) is 60.3 Å². The van der Waals surface area contributed by atoms with Gasteiger partial charge in [0.15, 0.2) is 0 Å². The van der Waals surface area contributed by atoms with Crippen LogP contribution in [0.1, 0.15) is 31.2 Å². The molecule has 1 aliphatic carbocycles. The molecule has 0 saturated heterocycles. The Labute approximate surface area is 188 Å². The number of hydrogen-bond acceptors (Lipinski definition) is 5. The van der Waals surface area contributed by atoms with Crippen LogP contribution < -0.4 is 4.72 Å². The standard InChI is InChI=1S/C21H19F3N2O5S2/c22-21(23,24)17-7-4-8-18-20(17)19(32(28,29)25-14-9-11-15(27)12-10-14)13-26(18)33(30,31)16-5-2-1-3-6-16/h1-8,13-14,25H,9-12H2. The molecule has 1 saturated carbocycles. The van der Waals surface area contributed by atoms with E-state index in [0.29, 0.717) is 16.2 Å². The Morgan fingerprint density at radius 1 is 0.909 bits per heavy atom. The molecule has 176 valence electrons. The largest absolute Gasteiger partial charge is 0.417 e. The summed E-state index contributed by atoms with van der Waals surface area (Å²) in [6.45, 7) is 0. The zero-order chi connectivity index (χ0) is 24.0. The SMILES string of the molecule is O=C1CCC(NS(=O)(=O)c2cn(S(=O)(=O)c3ccccc3)c3cccc(C(F)(F)F)c23)CC1. The lowest BCUT2D eigenvalue weighted by atomic mass is 9.95. The maximum absolute atomic E-state index is 13.8. The van der Waals surface area contributed by atoms with E-state index in [1.165, 1.54) is 24.3 Å². The number of ketones is 1. The Morgan fingerprint density at radius 2 is 1.55 bits per heavy atom. The van der Waals surface area contributed by atoms with Gasteiger partial charge in [0.2, 0.25) is 10.0 Å². The van der Waals surface area contributed by atoms with Gasteiger partial charge in [-0.3, -0.25) is 4.79 Å². The average molecular weight is 501 g/mol. The summed E-state index contributed by atoms with van der Waals surface area (Å²) < 4.78 is 97.1. The van der Waals surface area contributed by atoms with E-state index < -0.39 is 53.6 Å². The lowest BCUT2D eigenvalue weighted by Gasteiger charge is -2.22. The second kappa shape index (κ2) is 8.26. The fourth-order valence-corrected chi connectivity index (χ4v) is 6.89. The zero-order valence-electron chi connectivity index (χ0n) is 17.0. The van der Waals surface area contributed by atoms with Gasteiger partial charge in [0.05, 0.1) is 16.0 Å². The second-order valence-electron chi connectivity index (χ2n) is 7.74.